The quantitative estimate of drug-likeness (QED) is 0.372. The molecule has 0 aromatic heterocycles. The van der Waals surface area contributed by atoms with E-state index in [9.17, 15) is 4.79 Å². The molecule has 2 heterocycles. The second-order valence-corrected chi connectivity index (χ2v) is 13.2. The van der Waals surface area contributed by atoms with Crippen LogP contribution in [0, 0.1) is 29.1 Å². The minimum Gasteiger partial charge on any atom is -0.449 e. The molecule has 6 nitrogen and oxygen atoms in total. The molecule has 2 fully saturated rings. The Bertz CT molecular complexity index is 1310. The fraction of sp³-hybridized carbons (Fsp3) is 0.528. The Morgan fingerprint density at radius 1 is 0.818 bits per heavy atom. The summed E-state index contributed by atoms with van der Waals surface area (Å²) >= 11 is 12.0. The number of hydrogen-bond acceptors (Lipinski definition) is 5. The van der Waals surface area contributed by atoms with E-state index >= 15 is 0 Å². The largest absolute Gasteiger partial charge is 0.449 e. The van der Waals surface area contributed by atoms with Crippen LogP contribution in [0.3, 0.4) is 0 Å². The van der Waals surface area contributed by atoms with Crippen molar-refractivity contribution in [2.45, 2.75) is 59.5 Å². The van der Waals surface area contributed by atoms with Gasteiger partial charge in [-0.05, 0) is 54.7 Å². The van der Waals surface area contributed by atoms with Gasteiger partial charge in [-0.25, -0.2) is 4.79 Å². The third-order valence-electron chi connectivity index (χ3n) is 7.42. The fourth-order valence-electron chi connectivity index (χ4n) is 4.95. The molecular formula is C36H48Cl2N4O2. The van der Waals surface area contributed by atoms with E-state index in [1.165, 1.54) is 0 Å². The van der Waals surface area contributed by atoms with Crippen LogP contribution in [0.15, 0.2) is 48.5 Å². The van der Waals surface area contributed by atoms with E-state index in [1.807, 2.05) is 48.5 Å². The molecule has 8 heteroatoms. The zero-order chi connectivity index (χ0) is 32.0. The number of amides is 1. The normalized spacial score (nSPS) is 17.1. The van der Waals surface area contributed by atoms with Crippen molar-refractivity contribution < 1.29 is 9.53 Å². The van der Waals surface area contributed by atoms with Gasteiger partial charge in [0, 0.05) is 73.5 Å². The van der Waals surface area contributed by atoms with Gasteiger partial charge in [0.15, 0.2) is 0 Å². The molecule has 2 unspecified atom stereocenters. The molecule has 4 rings (SSSR count). The van der Waals surface area contributed by atoms with E-state index in [0.717, 1.165) is 68.3 Å². The molecule has 238 valence electrons. The lowest BCUT2D eigenvalue weighted by molar-refractivity contribution is 0.0507. The van der Waals surface area contributed by atoms with Gasteiger partial charge in [0.1, 0.15) is 0 Å². The van der Waals surface area contributed by atoms with Crippen LogP contribution in [0.2, 0.25) is 10.0 Å². The monoisotopic (exact) mass is 638 g/mol. The molecule has 0 spiro atoms. The van der Waals surface area contributed by atoms with Crippen molar-refractivity contribution in [3.8, 4) is 23.7 Å². The van der Waals surface area contributed by atoms with Crippen LogP contribution >= 0.6 is 23.2 Å². The van der Waals surface area contributed by atoms with E-state index in [4.69, 9.17) is 27.9 Å². The van der Waals surface area contributed by atoms with E-state index in [2.05, 4.69) is 73.4 Å². The summed E-state index contributed by atoms with van der Waals surface area (Å²) in [7, 11) is 0. The zero-order valence-corrected chi connectivity index (χ0v) is 28.5. The summed E-state index contributed by atoms with van der Waals surface area (Å²) in [6.45, 7) is 18.2. The molecule has 2 saturated heterocycles. The first-order chi connectivity index (χ1) is 21.1. The van der Waals surface area contributed by atoms with Gasteiger partial charge < -0.3 is 15.0 Å². The van der Waals surface area contributed by atoms with Crippen LogP contribution in [0.4, 0.5) is 4.79 Å². The molecule has 2 aromatic rings. The average Bonchev–Trinajstić information content (AvgIpc) is 3.01. The Morgan fingerprint density at radius 3 is 1.73 bits per heavy atom. The highest BCUT2D eigenvalue weighted by Gasteiger charge is 2.26. The lowest BCUT2D eigenvalue weighted by Crippen LogP contribution is -2.51. The molecule has 0 aliphatic carbocycles. The molecule has 0 saturated carbocycles. The predicted molar refractivity (Wildman–Crippen MR) is 183 cm³/mol. The van der Waals surface area contributed by atoms with Crippen molar-refractivity contribution in [3.63, 3.8) is 0 Å². The number of rotatable bonds is 5. The van der Waals surface area contributed by atoms with Gasteiger partial charge in [0.2, 0.25) is 0 Å². The third kappa shape index (κ3) is 12.7. The maximum Gasteiger partial charge on any atom is 0.409 e. The van der Waals surface area contributed by atoms with Gasteiger partial charge in [-0.1, -0.05) is 93.6 Å². The molecular weight excluding hydrogens is 591 g/mol. The molecule has 0 bridgehead atoms. The fourth-order valence-corrected chi connectivity index (χ4v) is 5.33. The van der Waals surface area contributed by atoms with Gasteiger partial charge in [0.05, 0.1) is 18.7 Å². The van der Waals surface area contributed by atoms with Crippen molar-refractivity contribution in [3.05, 3.63) is 69.7 Å². The summed E-state index contributed by atoms with van der Waals surface area (Å²) in [5.41, 5.74) is 1.91. The third-order valence-corrected chi connectivity index (χ3v) is 7.89. The number of halogens is 2. The molecule has 2 aromatic carbocycles. The van der Waals surface area contributed by atoms with Crippen LogP contribution in [-0.4, -0.2) is 91.8 Å². The Morgan fingerprint density at radius 2 is 1.30 bits per heavy atom. The number of carbonyl (C=O) groups excluding carboxylic acids is 1. The van der Waals surface area contributed by atoms with Gasteiger partial charge in [-0.2, -0.15) is 0 Å². The molecule has 44 heavy (non-hydrogen) atoms. The van der Waals surface area contributed by atoms with Crippen molar-refractivity contribution in [1.82, 2.24) is 20.0 Å². The van der Waals surface area contributed by atoms with Crippen molar-refractivity contribution >= 4 is 29.3 Å². The summed E-state index contributed by atoms with van der Waals surface area (Å²) in [5, 5.41) is 4.82. The minimum atomic E-state index is -0.211. The number of carbonyl (C=O) groups is 1. The lowest BCUT2D eigenvalue weighted by atomic mass is 9.99. The van der Waals surface area contributed by atoms with Crippen LogP contribution in [0.1, 0.15) is 58.6 Å². The standard InChI is InChI=1S/C21H29ClN2O2.C15H19ClN2/c1-5-19(10-9-17-7-6-8-18(22)15-17)23-11-13-24(14-12-23)20(25)26-16-21(2,3)4;1-2-15(18-10-8-17-9-11-18)7-6-13-4-3-5-14(16)12-13/h6-8,15,19H,5,11-14,16H2,1-4H3;3-5,12,15,17H,2,8-11H2,1H3. The lowest BCUT2D eigenvalue weighted by Gasteiger charge is -2.37. The maximum absolute atomic E-state index is 12.2. The van der Waals surface area contributed by atoms with E-state index < -0.39 is 0 Å². The van der Waals surface area contributed by atoms with Crippen LogP contribution in [-0.2, 0) is 4.74 Å². The van der Waals surface area contributed by atoms with Gasteiger partial charge in [0.25, 0.3) is 0 Å². The molecule has 0 radical (unpaired) electrons. The highest BCUT2D eigenvalue weighted by molar-refractivity contribution is 6.30. The summed E-state index contributed by atoms with van der Waals surface area (Å²) in [6.07, 6.45) is 1.80. The van der Waals surface area contributed by atoms with Crippen molar-refractivity contribution in [2.75, 3.05) is 59.0 Å². The number of ether oxygens (including phenoxy) is 1. The van der Waals surface area contributed by atoms with Crippen LogP contribution in [0.5, 0.6) is 0 Å². The topological polar surface area (TPSA) is 48.1 Å². The van der Waals surface area contributed by atoms with Crippen LogP contribution in [0.25, 0.3) is 0 Å². The molecule has 2 aliphatic rings. The maximum atomic E-state index is 12.2. The van der Waals surface area contributed by atoms with Gasteiger partial charge in [-0.3, -0.25) is 9.80 Å². The van der Waals surface area contributed by atoms with E-state index in [0.29, 0.717) is 30.8 Å². The Hall–Kier alpha value is -2.71. The highest BCUT2D eigenvalue weighted by Crippen LogP contribution is 2.16. The summed E-state index contributed by atoms with van der Waals surface area (Å²) in [6, 6.07) is 15.9. The minimum absolute atomic E-state index is 0.0132. The molecule has 1 N–H and O–H groups in total. The van der Waals surface area contributed by atoms with E-state index in [1.54, 1.807) is 4.90 Å². The Labute approximate surface area is 275 Å². The second kappa shape index (κ2) is 18.3. The predicted octanol–water partition coefficient (Wildman–Crippen LogP) is 6.65. The number of nitrogens with one attached hydrogen (secondary N) is 1. The average molecular weight is 640 g/mol. The number of benzene rings is 2. The molecule has 2 atom stereocenters. The number of piperazine rings is 2. The highest BCUT2D eigenvalue weighted by atomic mass is 35.5. The summed E-state index contributed by atoms with van der Waals surface area (Å²) in [5.74, 6) is 13.2. The van der Waals surface area contributed by atoms with Crippen LogP contribution < -0.4 is 5.32 Å². The van der Waals surface area contributed by atoms with Crippen molar-refractivity contribution in [1.29, 1.82) is 0 Å². The Balaban J connectivity index is 0.000000257. The van der Waals surface area contributed by atoms with Gasteiger partial charge >= 0.3 is 6.09 Å². The first-order valence-electron chi connectivity index (χ1n) is 15.7. The van der Waals surface area contributed by atoms with E-state index in [-0.39, 0.29) is 17.6 Å². The Kier molecular flexibility index (Phi) is 14.9. The molecule has 2 aliphatic heterocycles. The smallest absolute Gasteiger partial charge is 0.409 e. The second-order valence-electron chi connectivity index (χ2n) is 12.3. The summed E-state index contributed by atoms with van der Waals surface area (Å²) in [4.78, 5) is 18.8. The summed E-state index contributed by atoms with van der Waals surface area (Å²) < 4.78 is 5.41. The first kappa shape index (κ1) is 35.8. The van der Waals surface area contributed by atoms with Crippen molar-refractivity contribution in [2.24, 2.45) is 5.41 Å². The first-order valence-corrected chi connectivity index (χ1v) is 16.5. The number of hydrogen-bond donors (Lipinski definition) is 1. The number of nitrogens with zero attached hydrogens (tertiary/aromatic N) is 3. The zero-order valence-electron chi connectivity index (χ0n) is 27.0. The van der Waals surface area contributed by atoms with Gasteiger partial charge in [-0.15, -0.1) is 0 Å². The SMILES string of the molecule is CCC(C#Cc1cccc(Cl)c1)N1CCN(C(=O)OCC(C)(C)C)CC1.CCC(C#Cc1cccc(Cl)c1)N1CCNCC1. The molecule has 1 amide bonds.